The summed E-state index contributed by atoms with van der Waals surface area (Å²) < 4.78 is 3.33. The van der Waals surface area contributed by atoms with Gasteiger partial charge >= 0.3 is 0 Å². The maximum Gasteiger partial charge on any atom is 0.249 e. The van der Waals surface area contributed by atoms with Gasteiger partial charge in [0.1, 0.15) is 5.69 Å². The zero-order chi connectivity index (χ0) is 22.9. The summed E-state index contributed by atoms with van der Waals surface area (Å²) in [5, 5.41) is 18.3. The van der Waals surface area contributed by atoms with E-state index in [1.165, 1.54) is 11.3 Å². The van der Waals surface area contributed by atoms with Crippen LogP contribution < -0.4 is 5.32 Å². The van der Waals surface area contributed by atoms with Gasteiger partial charge in [0.05, 0.1) is 22.0 Å². The Kier molecular flexibility index (Phi) is 5.38. The SMILES string of the molecule is N#CC(C(=O)Nc1cccc(Cl)c1)C(=O)c1nn(-c2ccccc2)c2c1sc1ccccc12. The van der Waals surface area contributed by atoms with Gasteiger partial charge in [0.2, 0.25) is 11.7 Å². The van der Waals surface area contributed by atoms with Crippen molar-refractivity contribution in [1.82, 2.24) is 9.78 Å². The van der Waals surface area contributed by atoms with Crippen molar-refractivity contribution in [3.63, 3.8) is 0 Å². The smallest absolute Gasteiger partial charge is 0.249 e. The number of carbonyl (C=O) groups is 2. The highest BCUT2D eigenvalue weighted by Crippen LogP contribution is 2.38. The lowest BCUT2D eigenvalue weighted by molar-refractivity contribution is -0.117. The predicted molar refractivity (Wildman–Crippen MR) is 130 cm³/mol. The number of halogens is 1. The summed E-state index contributed by atoms with van der Waals surface area (Å²) in [5.41, 5.74) is 2.06. The van der Waals surface area contributed by atoms with E-state index in [2.05, 4.69) is 10.4 Å². The molecule has 0 aliphatic heterocycles. The topological polar surface area (TPSA) is 87.8 Å². The molecule has 1 amide bonds. The van der Waals surface area contributed by atoms with Crippen molar-refractivity contribution in [3.05, 3.63) is 89.6 Å². The first-order valence-electron chi connectivity index (χ1n) is 10.0. The van der Waals surface area contributed by atoms with Crippen LogP contribution in [0.1, 0.15) is 10.5 Å². The van der Waals surface area contributed by atoms with Crippen molar-refractivity contribution in [1.29, 1.82) is 5.26 Å². The Morgan fingerprint density at radius 1 is 1.03 bits per heavy atom. The number of ketones is 1. The number of amides is 1. The highest BCUT2D eigenvalue weighted by Gasteiger charge is 2.33. The first-order valence-corrected chi connectivity index (χ1v) is 11.2. The lowest BCUT2D eigenvalue weighted by Crippen LogP contribution is -2.29. The lowest BCUT2D eigenvalue weighted by Gasteiger charge is -2.09. The minimum atomic E-state index is -1.56. The van der Waals surface area contributed by atoms with Crippen molar-refractivity contribution in [3.8, 4) is 11.8 Å². The maximum absolute atomic E-state index is 13.4. The van der Waals surface area contributed by atoms with E-state index in [9.17, 15) is 14.9 Å². The molecule has 0 aliphatic rings. The number of nitriles is 1. The highest BCUT2D eigenvalue weighted by molar-refractivity contribution is 7.26. The fraction of sp³-hybridized carbons (Fsp3) is 0.0400. The molecule has 160 valence electrons. The number of aromatic nitrogens is 2. The molecule has 0 saturated heterocycles. The predicted octanol–water partition coefficient (Wildman–Crippen LogP) is 5.85. The van der Waals surface area contributed by atoms with Gasteiger partial charge in [-0.05, 0) is 36.4 Å². The van der Waals surface area contributed by atoms with Gasteiger partial charge in [-0.15, -0.1) is 11.3 Å². The number of hydrogen-bond donors (Lipinski definition) is 1. The Balaban J connectivity index is 1.61. The molecule has 0 radical (unpaired) electrons. The second-order valence-electron chi connectivity index (χ2n) is 7.30. The number of para-hydroxylation sites is 1. The fourth-order valence-electron chi connectivity index (χ4n) is 3.67. The molecule has 0 bridgehead atoms. The molecule has 0 spiro atoms. The van der Waals surface area contributed by atoms with Crippen LogP contribution in [0.5, 0.6) is 0 Å². The Bertz CT molecular complexity index is 1570. The number of benzene rings is 3. The van der Waals surface area contributed by atoms with Crippen LogP contribution in [-0.2, 0) is 4.79 Å². The van der Waals surface area contributed by atoms with E-state index in [0.717, 1.165) is 21.3 Å². The summed E-state index contributed by atoms with van der Waals surface area (Å²) in [6.45, 7) is 0. The quantitative estimate of drug-likeness (QED) is 0.257. The van der Waals surface area contributed by atoms with Crippen molar-refractivity contribution in [2.75, 3.05) is 5.32 Å². The number of nitrogens with zero attached hydrogens (tertiary/aromatic N) is 3. The summed E-state index contributed by atoms with van der Waals surface area (Å²) >= 11 is 7.39. The first-order chi connectivity index (χ1) is 16.1. The Labute approximate surface area is 197 Å². The second kappa shape index (κ2) is 8.51. The largest absolute Gasteiger partial charge is 0.324 e. The molecule has 1 unspecified atom stereocenters. The van der Waals surface area contributed by atoms with E-state index in [1.54, 1.807) is 28.9 Å². The van der Waals surface area contributed by atoms with Crippen LogP contribution in [-0.4, -0.2) is 21.5 Å². The third kappa shape index (κ3) is 3.76. The molecule has 33 heavy (non-hydrogen) atoms. The number of thiophene rings is 1. The van der Waals surface area contributed by atoms with Crippen molar-refractivity contribution >= 4 is 60.6 Å². The van der Waals surface area contributed by atoms with Crippen LogP contribution >= 0.6 is 22.9 Å². The molecule has 1 atom stereocenters. The monoisotopic (exact) mass is 470 g/mol. The summed E-state index contributed by atoms with van der Waals surface area (Å²) in [5.74, 6) is -2.94. The minimum absolute atomic E-state index is 0.0999. The van der Waals surface area contributed by atoms with Crippen molar-refractivity contribution in [2.45, 2.75) is 0 Å². The van der Waals surface area contributed by atoms with Crippen LogP contribution in [0.4, 0.5) is 5.69 Å². The normalized spacial score (nSPS) is 11.9. The molecule has 0 fully saturated rings. The van der Waals surface area contributed by atoms with Crippen molar-refractivity contribution < 1.29 is 9.59 Å². The van der Waals surface area contributed by atoms with Crippen LogP contribution in [0.3, 0.4) is 0 Å². The van der Waals surface area contributed by atoms with Gasteiger partial charge < -0.3 is 5.32 Å². The molecule has 0 saturated carbocycles. The minimum Gasteiger partial charge on any atom is -0.324 e. The Morgan fingerprint density at radius 3 is 2.55 bits per heavy atom. The molecule has 2 aromatic heterocycles. The number of Topliss-reactive ketones (excluding diaryl/α,β-unsaturated/α-hetero) is 1. The van der Waals surface area contributed by atoms with Gasteiger partial charge in [-0.1, -0.05) is 54.1 Å². The van der Waals surface area contributed by atoms with Gasteiger partial charge in [-0.3, -0.25) is 9.59 Å². The third-order valence-corrected chi connectivity index (χ3v) is 6.58. The number of nitrogens with one attached hydrogen (secondary N) is 1. The molecule has 5 aromatic rings. The van der Waals surface area contributed by atoms with E-state index in [4.69, 9.17) is 11.6 Å². The van der Waals surface area contributed by atoms with Crippen LogP contribution in [0, 0.1) is 17.2 Å². The average molecular weight is 471 g/mol. The van der Waals surface area contributed by atoms with E-state index in [-0.39, 0.29) is 5.69 Å². The van der Waals surface area contributed by atoms with Gasteiger partial charge in [0.25, 0.3) is 0 Å². The molecular formula is C25H15ClN4O2S. The fourth-order valence-corrected chi connectivity index (χ4v) is 5.03. The molecule has 1 N–H and O–H groups in total. The number of carbonyl (C=O) groups excluding carboxylic acids is 2. The zero-order valence-corrected chi connectivity index (χ0v) is 18.6. The molecule has 5 rings (SSSR count). The van der Waals surface area contributed by atoms with Gasteiger partial charge in [-0.2, -0.15) is 10.4 Å². The number of rotatable bonds is 5. The number of anilines is 1. The van der Waals surface area contributed by atoms with E-state index in [0.29, 0.717) is 15.4 Å². The van der Waals surface area contributed by atoms with Crippen LogP contribution in [0.25, 0.3) is 26.0 Å². The highest BCUT2D eigenvalue weighted by atomic mass is 35.5. The average Bonchev–Trinajstić information content (AvgIpc) is 3.37. The molecule has 3 aromatic carbocycles. The molecule has 6 nitrogen and oxygen atoms in total. The van der Waals surface area contributed by atoms with Crippen LogP contribution in [0.15, 0.2) is 78.9 Å². The second-order valence-corrected chi connectivity index (χ2v) is 8.79. The molecular weight excluding hydrogens is 456 g/mol. The summed E-state index contributed by atoms with van der Waals surface area (Å²) in [6.07, 6.45) is 0. The lowest BCUT2D eigenvalue weighted by atomic mass is 10.0. The standard InChI is InChI=1S/C25H15ClN4O2S/c26-15-7-6-8-16(13-15)28-25(32)19(14-27)23(31)21-24-22(18-11-4-5-12-20(18)33-24)30(29-21)17-9-2-1-3-10-17/h1-13,19H,(H,28,32). The van der Waals surface area contributed by atoms with Gasteiger partial charge in [0, 0.05) is 20.8 Å². The summed E-state index contributed by atoms with van der Waals surface area (Å²) in [7, 11) is 0. The Morgan fingerprint density at radius 2 is 1.79 bits per heavy atom. The van der Waals surface area contributed by atoms with E-state index >= 15 is 0 Å². The van der Waals surface area contributed by atoms with E-state index < -0.39 is 17.6 Å². The van der Waals surface area contributed by atoms with Crippen LogP contribution in [0.2, 0.25) is 5.02 Å². The number of fused-ring (bicyclic) bond motifs is 3. The Hall–Kier alpha value is -3.99. The van der Waals surface area contributed by atoms with Crippen molar-refractivity contribution in [2.24, 2.45) is 5.92 Å². The summed E-state index contributed by atoms with van der Waals surface area (Å²) in [4.78, 5) is 26.3. The number of hydrogen-bond acceptors (Lipinski definition) is 5. The zero-order valence-electron chi connectivity index (χ0n) is 17.0. The maximum atomic E-state index is 13.4. The molecule has 8 heteroatoms. The first kappa shape index (κ1) is 20.9. The van der Waals surface area contributed by atoms with E-state index in [1.807, 2.05) is 60.7 Å². The van der Waals surface area contributed by atoms with Gasteiger partial charge in [0.15, 0.2) is 5.92 Å². The molecule has 0 aliphatic carbocycles. The summed E-state index contributed by atoms with van der Waals surface area (Å²) in [6, 6.07) is 25.6. The third-order valence-electron chi connectivity index (χ3n) is 5.18. The molecule has 2 heterocycles. The van der Waals surface area contributed by atoms with Gasteiger partial charge in [-0.25, -0.2) is 4.68 Å².